The van der Waals surface area contributed by atoms with Crippen molar-refractivity contribution in [3.05, 3.63) is 53.3 Å². The molecule has 0 atom stereocenters. The number of amides is 2. The van der Waals surface area contributed by atoms with E-state index in [1.807, 2.05) is 6.92 Å². The molecular formula is C17H17FN2O3. The van der Waals surface area contributed by atoms with Gasteiger partial charge in [-0.1, -0.05) is 19.1 Å². The normalized spacial score (nSPS) is 10.3. The molecule has 0 heterocycles. The van der Waals surface area contributed by atoms with Gasteiger partial charge in [0.05, 0.1) is 6.61 Å². The number of carbonyl (C=O) groups is 2. The van der Waals surface area contributed by atoms with E-state index >= 15 is 0 Å². The van der Waals surface area contributed by atoms with Crippen LogP contribution in [-0.2, 0) is 0 Å². The van der Waals surface area contributed by atoms with Crippen LogP contribution in [0, 0.1) is 5.82 Å². The molecule has 2 rings (SSSR count). The lowest BCUT2D eigenvalue weighted by atomic mass is 9.93. The van der Waals surface area contributed by atoms with E-state index < -0.39 is 17.6 Å². The van der Waals surface area contributed by atoms with Crippen LogP contribution in [0.3, 0.4) is 0 Å². The molecule has 0 fully saturated rings. The number of rotatable bonds is 6. The zero-order valence-electron chi connectivity index (χ0n) is 12.6. The maximum absolute atomic E-state index is 14.2. The molecule has 0 aliphatic carbocycles. The lowest BCUT2D eigenvalue weighted by molar-refractivity contribution is 0.0999. The average Bonchev–Trinajstić information content (AvgIpc) is 2.52. The Kier molecular flexibility index (Phi) is 4.95. The summed E-state index contributed by atoms with van der Waals surface area (Å²) in [6, 6.07) is 8.62. The third-order valence-electron chi connectivity index (χ3n) is 3.28. The van der Waals surface area contributed by atoms with Crippen LogP contribution in [0.5, 0.6) is 5.75 Å². The van der Waals surface area contributed by atoms with Crippen LogP contribution >= 0.6 is 0 Å². The fraction of sp³-hybridized carbons (Fsp3) is 0.176. The Morgan fingerprint density at radius 3 is 2.17 bits per heavy atom. The van der Waals surface area contributed by atoms with Crippen molar-refractivity contribution >= 4 is 11.8 Å². The molecule has 0 aromatic heterocycles. The molecule has 0 saturated carbocycles. The predicted octanol–water partition coefficient (Wildman–Crippen LogP) is 2.48. The molecule has 0 aliphatic heterocycles. The van der Waals surface area contributed by atoms with Crippen molar-refractivity contribution < 1.29 is 18.7 Å². The molecule has 6 heteroatoms. The summed E-state index contributed by atoms with van der Waals surface area (Å²) in [6.07, 6.45) is 0.748. The van der Waals surface area contributed by atoms with Crippen LogP contribution in [0.25, 0.3) is 11.1 Å². The van der Waals surface area contributed by atoms with Crippen LogP contribution in [0.4, 0.5) is 4.39 Å². The summed E-state index contributed by atoms with van der Waals surface area (Å²) in [5.41, 5.74) is 11.4. The molecular weight excluding hydrogens is 299 g/mol. The lowest BCUT2D eigenvalue weighted by Gasteiger charge is -2.13. The largest absolute Gasteiger partial charge is 0.491 e. The van der Waals surface area contributed by atoms with E-state index in [0.29, 0.717) is 12.2 Å². The number of ether oxygens (including phenoxy) is 1. The van der Waals surface area contributed by atoms with Crippen molar-refractivity contribution in [1.29, 1.82) is 0 Å². The van der Waals surface area contributed by atoms with Gasteiger partial charge in [-0.05, 0) is 36.2 Å². The van der Waals surface area contributed by atoms with Gasteiger partial charge in [0.1, 0.15) is 0 Å². The molecule has 2 amide bonds. The van der Waals surface area contributed by atoms with E-state index in [2.05, 4.69) is 0 Å². The first kappa shape index (κ1) is 16.5. The van der Waals surface area contributed by atoms with Gasteiger partial charge in [-0.25, -0.2) is 4.39 Å². The van der Waals surface area contributed by atoms with Crippen molar-refractivity contribution in [2.45, 2.75) is 13.3 Å². The number of benzene rings is 2. The van der Waals surface area contributed by atoms with Crippen LogP contribution in [0.1, 0.15) is 34.1 Å². The quantitative estimate of drug-likeness (QED) is 0.857. The Bertz CT molecular complexity index is 727. The van der Waals surface area contributed by atoms with Gasteiger partial charge in [0, 0.05) is 16.7 Å². The molecule has 0 bridgehead atoms. The Hall–Kier alpha value is -2.89. The number of nitrogens with two attached hydrogens (primary N) is 2. The number of hydrogen-bond acceptors (Lipinski definition) is 3. The highest BCUT2D eigenvalue weighted by Crippen LogP contribution is 2.31. The van der Waals surface area contributed by atoms with Gasteiger partial charge >= 0.3 is 0 Å². The van der Waals surface area contributed by atoms with E-state index in [0.717, 1.165) is 6.42 Å². The molecule has 0 radical (unpaired) electrons. The maximum Gasteiger partial charge on any atom is 0.249 e. The van der Waals surface area contributed by atoms with Crippen LogP contribution < -0.4 is 16.2 Å². The van der Waals surface area contributed by atoms with Crippen molar-refractivity contribution in [3.8, 4) is 16.9 Å². The second-order valence-corrected chi connectivity index (χ2v) is 4.95. The number of primary amides is 2. The minimum atomic E-state index is -0.727. The minimum absolute atomic E-state index is 0.0999. The summed E-state index contributed by atoms with van der Waals surface area (Å²) >= 11 is 0. The van der Waals surface area contributed by atoms with Gasteiger partial charge in [-0.2, -0.15) is 0 Å². The highest BCUT2D eigenvalue weighted by Gasteiger charge is 2.18. The maximum atomic E-state index is 14.2. The predicted molar refractivity (Wildman–Crippen MR) is 84.7 cm³/mol. The molecule has 5 nitrogen and oxygen atoms in total. The average molecular weight is 316 g/mol. The third kappa shape index (κ3) is 3.48. The van der Waals surface area contributed by atoms with E-state index in [9.17, 15) is 14.0 Å². The van der Waals surface area contributed by atoms with Gasteiger partial charge in [0.25, 0.3) is 0 Å². The lowest BCUT2D eigenvalue weighted by Crippen LogP contribution is -2.18. The smallest absolute Gasteiger partial charge is 0.249 e. The molecule has 23 heavy (non-hydrogen) atoms. The summed E-state index contributed by atoms with van der Waals surface area (Å²) in [4.78, 5) is 23.2. The second kappa shape index (κ2) is 6.91. The highest BCUT2D eigenvalue weighted by atomic mass is 19.1. The van der Waals surface area contributed by atoms with Crippen molar-refractivity contribution in [2.75, 3.05) is 6.61 Å². The van der Waals surface area contributed by atoms with E-state index in [1.54, 1.807) is 6.07 Å². The van der Waals surface area contributed by atoms with Crippen LogP contribution in [0.15, 0.2) is 36.4 Å². The monoisotopic (exact) mass is 316 g/mol. The van der Waals surface area contributed by atoms with Crippen molar-refractivity contribution in [1.82, 2.24) is 0 Å². The topological polar surface area (TPSA) is 95.4 Å². The summed E-state index contributed by atoms with van der Waals surface area (Å²) < 4.78 is 19.4. The number of carbonyl (C=O) groups excluding carboxylic acids is 2. The number of halogens is 1. The molecule has 0 aliphatic rings. The molecule has 0 unspecified atom stereocenters. The van der Waals surface area contributed by atoms with Crippen LogP contribution in [-0.4, -0.2) is 18.4 Å². The zero-order valence-corrected chi connectivity index (χ0v) is 12.6. The molecule has 120 valence electrons. The van der Waals surface area contributed by atoms with Crippen molar-refractivity contribution in [2.24, 2.45) is 11.5 Å². The molecule has 0 saturated heterocycles. The summed E-state index contributed by atoms with van der Waals surface area (Å²) in [5, 5.41) is 0. The van der Waals surface area contributed by atoms with E-state index in [1.165, 1.54) is 30.3 Å². The van der Waals surface area contributed by atoms with Crippen molar-refractivity contribution in [3.63, 3.8) is 0 Å². The fourth-order valence-corrected chi connectivity index (χ4v) is 2.26. The Morgan fingerprint density at radius 2 is 1.70 bits per heavy atom. The Balaban J connectivity index is 2.59. The Labute approximate surface area is 133 Å². The van der Waals surface area contributed by atoms with Gasteiger partial charge < -0.3 is 16.2 Å². The Morgan fingerprint density at radius 1 is 1.09 bits per heavy atom. The highest BCUT2D eigenvalue weighted by molar-refractivity contribution is 6.08. The summed E-state index contributed by atoms with van der Waals surface area (Å²) in [7, 11) is 0. The first-order valence-corrected chi connectivity index (χ1v) is 7.11. The molecule has 4 N–H and O–H groups in total. The zero-order chi connectivity index (χ0) is 17.0. The van der Waals surface area contributed by atoms with Gasteiger partial charge in [-0.3, -0.25) is 9.59 Å². The minimum Gasteiger partial charge on any atom is -0.491 e. The van der Waals surface area contributed by atoms with E-state index in [4.69, 9.17) is 16.2 Å². The number of hydrogen-bond donors (Lipinski definition) is 2. The molecule has 0 spiro atoms. The molecule has 2 aromatic carbocycles. The summed E-state index contributed by atoms with van der Waals surface area (Å²) in [6.45, 7) is 2.30. The SMILES string of the molecule is CCCOc1ccc(-c2c(C(N)=O)cccc2C(N)=O)cc1F. The second-order valence-electron chi connectivity index (χ2n) is 4.95. The van der Waals surface area contributed by atoms with Crippen LogP contribution in [0.2, 0.25) is 0 Å². The first-order chi connectivity index (χ1) is 11.0. The fourth-order valence-electron chi connectivity index (χ4n) is 2.26. The van der Waals surface area contributed by atoms with E-state index in [-0.39, 0.29) is 22.4 Å². The molecule has 2 aromatic rings. The first-order valence-electron chi connectivity index (χ1n) is 7.11. The van der Waals surface area contributed by atoms with Gasteiger partial charge in [0.15, 0.2) is 11.6 Å². The summed E-state index contributed by atoms with van der Waals surface area (Å²) in [5.74, 6) is -1.94. The third-order valence-corrected chi connectivity index (χ3v) is 3.28. The van der Waals surface area contributed by atoms with Gasteiger partial charge in [0.2, 0.25) is 11.8 Å². The van der Waals surface area contributed by atoms with Gasteiger partial charge in [-0.15, -0.1) is 0 Å². The standard InChI is InChI=1S/C17H17FN2O3/c1-2-8-23-14-7-6-10(9-13(14)18)15-11(16(19)21)4-3-5-12(15)17(20)22/h3-7,9H,2,8H2,1H3,(H2,19,21)(H2,20,22).